The molecule has 4 heteroatoms. The first-order valence-corrected chi connectivity index (χ1v) is 8.05. The van der Waals surface area contributed by atoms with Crippen molar-refractivity contribution in [2.24, 2.45) is 4.99 Å². The van der Waals surface area contributed by atoms with Gasteiger partial charge in [-0.15, -0.1) is 11.3 Å². The number of hydrogen-bond donors (Lipinski definition) is 1. The molecule has 0 radical (unpaired) electrons. The molecule has 0 fully saturated rings. The van der Waals surface area contributed by atoms with Gasteiger partial charge < -0.3 is 5.73 Å². The van der Waals surface area contributed by atoms with Crippen molar-refractivity contribution in [1.29, 1.82) is 0 Å². The van der Waals surface area contributed by atoms with Crippen LogP contribution in [0.3, 0.4) is 0 Å². The van der Waals surface area contributed by atoms with Crippen molar-refractivity contribution in [1.82, 2.24) is 0 Å². The Hall–Kier alpha value is -1.84. The minimum Gasteiger partial charge on any atom is -0.398 e. The molecule has 4 rings (SSSR count). The van der Waals surface area contributed by atoms with E-state index >= 15 is 0 Å². The third-order valence-electron chi connectivity index (χ3n) is 3.85. The average Bonchev–Trinajstić information content (AvgIpc) is 2.85. The molecular formula is C17H13ClN2S. The highest BCUT2D eigenvalue weighted by atomic mass is 35.5. The van der Waals surface area contributed by atoms with Crippen LogP contribution in [0.1, 0.15) is 16.0 Å². The van der Waals surface area contributed by atoms with Gasteiger partial charge in [0.25, 0.3) is 0 Å². The molecule has 0 amide bonds. The lowest BCUT2D eigenvalue weighted by molar-refractivity contribution is 0.948. The second-order valence-electron chi connectivity index (χ2n) is 5.10. The molecule has 2 heterocycles. The number of nitrogen functional groups attached to an aromatic ring is 1. The van der Waals surface area contributed by atoms with Crippen LogP contribution < -0.4 is 5.73 Å². The van der Waals surface area contributed by atoms with Crippen LogP contribution in [0.15, 0.2) is 47.5 Å². The van der Waals surface area contributed by atoms with E-state index in [1.54, 1.807) is 11.3 Å². The van der Waals surface area contributed by atoms with Gasteiger partial charge in [-0.2, -0.15) is 0 Å². The van der Waals surface area contributed by atoms with Gasteiger partial charge in [0, 0.05) is 27.9 Å². The minimum absolute atomic E-state index is 0.765. The molecule has 104 valence electrons. The molecule has 2 nitrogen and oxygen atoms in total. The normalized spacial score (nSPS) is 14.0. The number of hydrogen-bond acceptors (Lipinski definition) is 3. The molecule has 0 unspecified atom stereocenters. The zero-order valence-corrected chi connectivity index (χ0v) is 12.8. The number of fused-ring (bicyclic) bond motifs is 2. The second kappa shape index (κ2) is 4.86. The van der Waals surface area contributed by atoms with Crippen LogP contribution in [0.25, 0.3) is 10.1 Å². The van der Waals surface area contributed by atoms with Gasteiger partial charge in [-0.3, -0.25) is 4.99 Å². The molecular weight excluding hydrogens is 300 g/mol. The largest absolute Gasteiger partial charge is 0.398 e. The molecule has 0 aliphatic carbocycles. The molecule has 1 aliphatic rings. The highest BCUT2D eigenvalue weighted by Crippen LogP contribution is 2.38. The Morgan fingerprint density at radius 2 is 1.95 bits per heavy atom. The summed E-state index contributed by atoms with van der Waals surface area (Å²) in [4.78, 5) is 5.77. The van der Waals surface area contributed by atoms with Gasteiger partial charge >= 0.3 is 0 Å². The van der Waals surface area contributed by atoms with E-state index in [4.69, 9.17) is 22.3 Å². The Labute approximate surface area is 131 Å². The number of halogens is 1. The molecule has 1 aromatic heterocycles. The van der Waals surface area contributed by atoms with Crippen molar-refractivity contribution in [2.45, 2.75) is 6.42 Å². The minimum atomic E-state index is 0.765. The Morgan fingerprint density at radius 1 is 1.10 bits per heavy atom. The summed E-state index contributed by atoms with van der Waals surface area (Å²) in [6.45, 7) is 0.765. The molecule has 0 atom stereocenters. The van der Waals surface area contributed by atoms with Gasteiger partial charge in [-0.05, 0) is 24.1 Å². The third kappa shape index (κ3) is 1.96. The molecule has 0 bridgehead atoms. The van der Waals surface area contributed by atoms with Crippen molar-refractivity contribution in [3.63, 3.8) is 0 Å². The lowest BCUT2D eigenvalue weighted by atomic mass is 9.95. The van der Waals surface area contributed by atoms with Crippen LogP contribution in [0.4, 0.5) is 5.69 Å². The first kappa shape index (κ1) is 12.9. The highest BCUT2D eigenvalue weighted by Gasteiger charge is 2.22. The van der Waals surface area contributed by atoms with Gasteiger partial charge in [-0.1, -0.05) is 41.9 Å². The van der Waals surface area contributed by atoms with E-state index in [0.717, 1.165) is 45.2 Å². The highest BCUT2D eigenvalue weighted by molar-refractivity contribution is 7.21. The Kier molecular flexibility index (Phi) is 2.98. The number of nitrogens with zero attached hydrogens (tertiary/aromatic N) is 1. The molecule has 0 spiro atoms. The lowest BCUT2D eigenvalue weighted by Gasteiger charge is -2.18. The predicted octanol–water partition coefficient (Wildman–Crippen LogP) is 4.53. The summed E-state index contributed by atoms with van der Waals surface area (Å²) in [6, 6.07) is 14.2. The van der Waals surface area contributed by atoms with Crippen LogP contribution in [0.5, 0.6) is 0 Å². The fourth-order valence-electron chi connectivity index (χ4n) is 2.83. The van der Waals surface area contributed by atoms with Crippen LogP contribution >= 0.6 is 22.9 Å². The average molecular weight is 313 g/mol. The standard InChI is InChI=1S/C17H13ClN2S/c18-15-12-4-1-2-7-14(12)21-17(15)16-11-5-3-6-13(19)10(11)8-9-20-16/h1-7H,8-9,19H2. The Bertz CT molecular complexity index is 880. The smallest absolute Gasteiger partial charge is 0.0837 e. The summed E-state index contributed by atoms with van der Waals surface area (Å²) in [5.41, 5.74) is 10.2. The zero-order chi connectivity index (χ0) is 14.4. The van der Waals surface area contributed by atoms with Crippen LogP contribution in [0.2, 0.25) is 5.02 Å². The van der Waals surface area contributed by atoms with E-state index in [2.05, 4.69) is 18.2 Å². The lowest BCUT2D eigenvalue weighted by Crippen LogP contribution is -2.15. The molecule has 1 aliphatic heterocycles. The summed E-state index contributed by atoms with van der Waals surface area (Å²) in [6.07, 6.45) is 0.897. The van der Waals surface area contributed by atoms with Crippen molar-refractivity contribution in [3.8, 4) is 0 Å². The summed E-state index contributed by atoms with van der Waals surface area (Å²) in [7, 11) is 0. The molecule has 21 heavy (non-hydrogen) atoms. The number of aliphatic imine (C=N–C) groups is 1. The third-order valence-corrected chi connectivity index (χ3v) is 5.53. The molecule has 0 saturated heterocycles. The number of nitrogens with two attached hydrogens (primary N) is 1. The number of benzene rings is 2. The number of rotatable bonds is 1. The van der Waals surface area contributed by atoms with Crippen LogP contribution in [-0.2, 0) is 6.42 Å². The van der Waals surface area contributed by atoms with E-state index in [1.165, 1.54) is 10.3 Å². The van der Waals surface area contributed by atoms with E-state index in [-0.39, 0.29) is 0 Å². The van der Waals surface area contributed by atoms with E-state index < -0.39 is 0 Å². The Balaban J connectivity index is 1.96. The summed E-state index contributed by atoms with van der Waals surface area (Å²) >= 11 is 8.29. The van der Waals surface area contributed by atoms with Gasteiger partial charge in [0.15, 0.2) is 0 Å². The maximum atomic E-state index is 6.60. The SMILES string of the molecule is Nc1cccc2c1CCN=C2c1sc2ccccc2c1Cl. The summed E-state index contributed by atoms with van der Waals surface area (Å²) in [5.74, 6) is 0. The number of thiophene rings is 1. The fourth-order valence-corrected chi connectivity index (χ4v) is 4.37. The second-order valence-corrected chi connectivity index (χ2v) is 6.53. The zero-order valence-electron chi connectivity index (χ0n) is 11.3. The maximum Gasteiger partial charge on any atom is 0.0837 e. The van der Waals surface area contributed by atoms with E-state index in [1.807, 2.05) is 24.3 Å². The van der Waals surface area contributed by atoms with Crippen molar-refractivity contribution in [3.05, 3.63) is 63.5 Å². The number of anilines is 1. The monoisotopic (exact) mass is 312 g/mol. The van der Waals surface area contributed by atoms with Gasteiger partial charge in [-0.25, -0.2) is 0 Å². The molecule has 2 N–H and O–H groups in total. The van der Waals surface area contributed by atoms with E-state index in [0.29, 0.717) is 0 Å². The van der Waals surface area contributed by atoms with Crippen LogP contribution in [0, 0.1) is 0 Å². The maximum absolute atomic E-state index is 6.60. The quantitative estimate of drug-likeness (QED) is 0.659. The molecule has 0 saturated carbocycles. The Morgan fingerprint density at radius 3 is 2.81 bits per heavy atom. The van der Waals surface area contributed by atoms with Gasteiger partial charge in [0.05, 0.1) is 15.6 Å². The van der Waals surface area contributed by atoms with E-state index in [9.17, 15) is 0 Å². The van der Waals surface area contributed by atoms with Crippen molar-refractivity contribution < 1.29 is 0 Å². The van der Waals surface area contributed by atoms with Gasteiger partial charge in [0.1, 0.15) is 0 Å². The molecule has 3 aromatic rings. The van der Waals surface area contributed by atoms with Crippen molar-refractivity contribution in [2.75, 3.05) is 12.3 Å². The van der Waals surface area contributed by atoms with Gasteiger partial charge in [0.2, 0.25) is 0 Å². The summed E-state index contributed by atoms with van der Waals surface area (Å²) in [5, 5.41) is 1.89. The topological polar surface area (TPSA) is 38.4 Å². The predicted molar refractivity (Wildman–Crippen MR) is 91.9 cm³/mol. The molecule has 2 aromatic carbocycles. The summed E-state index contributed by atoms with van der Waals surface area (Å²) < 4.78 is 1.19. The fraction of sp³-hybridized carbons (Fsp3) is 0.118. The van der Waals surface area contributed by atoms with Crippen molar-refractivity contribution >= 4 is 44.4 Å². The first-order chi connectivity index (χ1) is 10.3. The first-order valence-electron chi connectivity index (χ1n) is 6.85. The van der Waals surface area contributed by atoms with Crippen LogP contribution in [-0.4, -0.2) is 12.3 Å².